The standard InChI is InChI=1S/C6H2ClN3O6/c7-3-8-1-9-4(10-3)13-2(11)5-6(12,14-5)16-15-5/h1,12H. The van der Waals surface area contributed by atoms with Crippen molar-refractivity contribution < 1.29 is 29.1 Å². The molecule has 3 rings (SSSR count). The van der Waals surface area contributed by atoms with E-state index in [9.17, 15) is 9.90 Å². The Morgan fingerprint density at radius 1 is 1.50 bits per heavy atom. The van der Waals surface area contributed by atoms with Gasteiger partial charge in [0.05, 0.1) is 0 Å². The van der Waals surface area contributed by atoms with Crippen LogP contribution in [0.1, 0.15) is 0 Å². The first-order valence-electron chi connectivity index (χ1n) is 3.92. The predicted octanol–water partition coefficient (Wildman–Crippen LogP) is -1.24. The minimum Gasteiger partial charge on any atom is -0.386 e. The number of ether oxygens (including phenoxy) is 2. The van der Waals surface area contributed by atoms with Crippen molar-refractivity contribution >= 4 is 17.6 Å². The Kier molecular flexibility index (Phi) is 1.74. The van der Waals surface area contributed by atoms with Crippen molar-refractivity contribution in [3.05, 3.63) is 11.6 Å². The second-order valence-electron chi connectivity index (χ2n) is 2.89. The molecule has 0 radical (unpaired) electrons. The molecule has 0 amide bonds. The van der Waals surface area contributed by atoms with Gasteiger partial charge in [0.1, 0.15) is 6.33 Å². The molecule has 9 nitrogen and oxygen atoms in total. The maximum Gasteiger partial charge on any atom is 0.389 e. The minimum atomic E-state index is -2.07. The first-order valence-corrected chi connectivity index (χ1v) is 4.30. The molecule has 3 heterocycles. The quantitative estimate of drug-likeness (QED) is 0.389. The lowest BCUT2D eigenvalue weighted by atomic mass is 10.3. The van der Waals surface area contributed by atoms with Crippen LogP contribution in [0.5, 0.6) is 6.01 Å². The highest BCUT2D eigenvalue weighted by molar-refractivity contribution is 6.28. The molecule has 2 unspecified atom stereocenters. The van der Waals surface area contributed by atoms with Gasteiger partial charge in [-0.05, 0) is 11.6 Å². The Labute approximate surface area is 91.8 Å². The van der Waals surface area contributed by atoms with Crippen molar-refractivity contribution in [3.8, 4) is 6.01 Å². The number of carbonyl (C=O) groups is 1. The Hall–Kier alpha value is -1.39. The summed E-state index contributed by atoms with van der Waals surface area (Å²) in [6, 6.07) is -0.340. The zero-order valence-corrected chi connectivity index (χ0v) is 8.04. The largest absolute Gasteiger partial charge is 0.389 e. The normalized spacial score (nSPS) is 34.9. The molecule has 0 aromatic carbocycles. The van der Waals surface area contributed by atoms with Crippen LogP contribution in [-0.4, -0.2) is 37.8 Å². The first kappa shape index (κ1) is 9.81. The van der Waals surface area contributed by atoms with E-state index in [2.05, 4.69) is 34.2 Å². The van der Waals surface area contributed by atoms with Crippen LogP contribution in [0.4, 0.5) is 0 Å². The second-order valence-corrected chi connectivity index (χ2v) is 3.23. The van der Waals surface area contributed by atoms with Gasteiger partial charge in [-0.25, -0.2) is 9.78 Å². The minimum absolute atomic E-state index is 0.145. The number of aromatic nitrogens is 3. The van der Waals surface area contributed by atoms with Gasteiger partial charge in [0.15, 0.2) is 0 Å². The molecule has 0 spiro atoms. The third-order valence-electron chi connectivity index (χ3n) is 1.90. The third-order valence-corrected chi connectivity index (χ3v) is 2.08. The zero-order valence-electron chi connectivity index (χ0n) is 7.29. The summed E-state index contributed by atoms with van der Waals surface area (Å²) in [5.41, 5.74) is 0. The maximum absolute atomic E-state index is 11.4. The summed E-state index contributed by atoms with van der Waals surface area (Å²) >= 11 is 5.44. The predicted molar refractivity (Wildman–Crippen MR) is 41.4 cm³/mol. The molecule has 2 aliphatic rings. The van der Waals surface area contributed by atoms with Crippen molar-refractivity contribution in [2.24, 2.45) is 0 Å². The molecule has 2 saturated heterocycles. The van der Waals surface area contributed by atoms with Crippen molar-refractivity contribution in [3.63, 3.8) is 0 Å². The number of aliphatic hydroxyl groups is 1. The topological polar surface area (TPSA) is 116 Å². The van der Waals surface area contributed by atoms with Crippen LogP contribution in [0.25, 0.3) is 0 Å². The number of hydrogen-bond acceptors (Lipinski definition) is 9. The van der Waals surface area contributed by atoms with Crippen LogP contribution in [0.3, 0.4) is 0 Å². The summed E-state index contributed by atoms with van der Waals surface area (Å²) in [6.45, 7) is 0. The number of nitrogens with zero attached hydrogens (tertiary/aromatic N) is 3. The number of halogens is 1. The molecular weight excluding hydrogens is 246 g/mol. The van der Waals surface area contributed by atoms with Gasteiger partial charge in [0.25, 0.3) is 0 Å². The Bertz CT molecular complexity index is 485. The molecule has 10 heteroatoms. The van der Waals surface area contributed by atoms with E-state index in [1.54, 1.807) is 0 Å². The highest BCUT2D eigenvalue weighted by Crippen LogP contribution is 2.57. The Morgan fingerprint density at radius 3 is 2.81 bits per heavy atom. The van der Waals surface area contributed by atoms with E-state index in [0.29, 0.717) is 0 Å². The summed E-state index contributed by atoms with van der Waals surface area (Å²) in [5, 5.41) is 9.05. The highest BCUT2D eigenvalue weighted by atomic mass is 35.5. The Balaban J connectivity index is 1.75. The van der Waals surface area contributed by atoms with Crippen molar-refractivity contribution in [1.29, 1.82) is 0 Å². The molecule has 1 N–H and O–H groups in total. The average Bonchev–Trinajstić information content (AvgIpc) is 2.65. The van der Waals surface area contributed by atoms with Crippen LogP contribution in [-0.2, 0) is 19.3 Å². The summed E-state index contributed by atoms with van der Waals surface area (Å²) < 4.78 is 9.13. The smallest absolute Gasteiger partial charge is 0.386 e. The van der Waals surface area contributed by atoms with Gasteiger partial charge in [-0.3, -0.25) is 4.74 Å². The van der Waals surface area contributed by atoms with Gasteiger partial charge >= 0.3 is 23.7 Å². The summed E-state index contributed by atoms with van der Waals surface area (Å²) in [4.78, 5) is 30.3. The Morgan fingerprint density at radius 2 is 2.31 bits per heavy atom. The summed E-state index contributed by atoms with van der Waals surface area (Å²) in [7, 11) is 0. The van der Waals surface area contributed by atoms with Gasteiger partial charge in [0, 0.05) is 0 Å². The highest BCUT2D eigenvalue weighted by Gasteiger charge is 2.91. The van der Waals surface area contributed by atoms with Crippen molar-refractivity contribution in [2.75, 3.05) is 0 Å². The van der Waals surface area contributed by atoms with Crippen LogP contribution in [0.15, 0.2) is 6.33 Å². The van der Waals surface area contributed by atoms with Crippen molar-refractivity contribution in [2.45, 2.75) is 11.8 Å². The fourth-order valence-electron chi connectivity index (χ4n) is 1.06. The van der Waals surface area contributed by atoms with Crippen LogP contribution < -0.4 is 4.74 Å². The lowest BCUT2D eigenvalue weighted by Gasteiger charge is -2.19. The number of fused-ring (bicyclic) bond motifs is 1. The van der Waals surface area contributed by atoms with E-state index in [0.717, 1.165) is 6.33 Å². The molecule has 16 heavy (non-hydrogen) atoms. The zero-order chi connectivity index (χ0) is 11.4. The first-order chi connectivity index (χ1) is 7.56. The molecule has 84 valence electrons. The van der Waals surface area contributed by atoms with E-state index >= 15 is 0 Å². The molecule has 2 fully saturated rings. The number of rotatable bonds is 2. The van der Waals surface area contributed by atoms with E-state index < -0.39 is 17.7 Å². The van der Waals surface area contributed by atoms with Gasteiger partial charge in [0.2, 0.25) is 5.28 Å². The van der Waals surface area contributed by atoms with Gasteiger partial charge in [-0.2, -0.15) is 19.7 Å². The number of carbonyl (C=O) groups excluding carboxylic acids is 1. The van der Waals surface area contributed by atoms with Crippen LogP contribution >= 0.6 is 11.6 Å². The summed E-state index contributed by atoms with van der Waals surface area (Å²) in [5.74, 6) is -5.06. The van der Waals surface area contributed by atoms with Crippen LogP contribution in [0, 0.1) is 0 Å². The molecule has 1 aromatic rings. The number of esters is 1. The van der Waals surface area contributed by atoms with E-state index in [1.807, 2.05) is 0 Å². The SMILES string of the molecule is O=C(Oc1ncnc(Cl)n1)C12OOC1(O)O2. The fourth-order valence-corrected chi connectivity index (χ4v) is 1.17. The van der Waals surface area contributed by atoms with Crippen LogP contribution in [0.2, 0.25) is 5.28 Å². The number of epoxide rings is 1. The van der Waals surface area contributed by atoms with E-state index in [4.69, 9.17) is 11.6 Å². The lowest BCUT2D eigenvalue weighted by Crippen LogP contribution is -2.50. The van der Waals surface area contributed by atoms with Crippen molar-refractivity contribution in [1.82, 2.24) is 15.0 Å². The monoisotopic (exact) mass is 247 g/mol. The molecule has 1 aromatic heterocycles. The second kappa shape index (κ2) is 2.84. The molecule has 2 atom stereocenters. The number of hydrogen-bond donors (Lipinski definition) is 1. The van der Waals surface area contributed by atoms with E-state index in [1.165, 1.54) is 0 Å². The fraction of sp³-hybridized carbons (Fsp3) is 0.333. The average molecular weight is 248 g/mol. The maximum atomic E-state index is 11.4. The van der Waals surface area contributed by atoms with Gasteiger partial charge < -0.3 is 9.84 Å². The molecular formula is C6H2ClN3O6. The van der Waals surface area contributed by atoms with Gasteiger partial charge in [-0.15, -0.1) is 0 Å². The lowest BCUT2D eigenvalue weighted by molar-refractivity contribution is -0.503. The molecule has 0 bridgehead atoms. The molecule has 0 saturated carbocycles. The van der Waals surface area contributed by atoms with Gasteiger partial charge in [-0.1, -0.05) is 0 Å². The van der Waals surface area contributed by atoms with E-state index in [-0.39, 0.29) is 11.3 Å². The molecule has 2 aliphatic heterocycles. The molecule has 0 aliphatic carbocycles. The summed E-state index contributed by atoms with van der Waals surface area (Å²) in [6.07, 6.45) is 1.05. The third kappa shape index (κ3) is 1.14.